The lowest BCUT2D eigenvalue weighted by molar-refractivity contribution is -0.142. The summed E-state index contributed by atoms with van der Waals surface area (Å²) in [7, 11) is 1.64. The first-order valence-electron chi connectivity index (χ1n) is 10.1. The molecule has 0 saturated carbocycles. The molecule has 0 aliphatic heterocycles. The molecule has 0 atom stereocenters. The molecule has 0 bridgehead atoms. The van der Waals surface area contributed by atoms with Gasteiger partial charge in [0.1, 0.15) is 5.76 Å². The number of rotatable bonds is 12. The van der Waals surface area contributed by atoms with E-state index < -0.39 is 0 Å². The van der Waals surface area contributed by atoms with Gasteiger partial charge in [-0.05, 0) is 30.0 Å². The van der Waals surface area contributed by atoms with Crippen molar-refractivity contribution in [2.45, 2.75) is 39.8 Å². The van der Waals surface area contributed by atoms with Crippen LogP contribution in [-0.4, -0.2) is 48.4 Å². The van der Waals surface area contributed by atoms with Crippen LogP contribution < -0.4 is 0 Å². The lowest BCUT2D eigenvalue weighted by Gasteiger charge is -2.28. The first kappa shape index (κ1) is 22.7. The Morgan fingerprint density at radius 3 is 2.38 bits per heavy atom. The topological polar surface area (TPSA) is 63.0 Å². The highest BCUT2D eigenvalue weighted by molar-refractivity contribution is 5.85. The Bertz CT molecular complexity index is 729. The highest BCUT2D eigenvalue weighted by atomic mass is 16.5. The van der Waals surface area contributed by atoms with Crippen molar-refractivity contribution in [2.24, 2.45) is 5.92 Å². The van der Waals surface area contributed by atoms with Gasteiger partial charge in [0.2, 0.25) is 11.8 Å². The van der Waals surface area contributed by atoms with Gasteiger partial charge >= 0.3 is 0 Å². The van der Waals surface area contributed by atoms with Crippen molar-refractivity contribution in [3.63, 3.8) is 0 Å². The van der Waals surface area contributed by atoms with Gasteiger partial charge in [-0.3, -0.25) is 9.59 Å². The number of amides is 2. The number of ether oxygens (including phenoxy) is 1. The van der Waals surface area contributed by atoms with Crippen LogP contribution in [0.4, 0.5) is 0 Å². The van der Waals surface area contributed by atoms with Gasteiger partial charge in [-0.25, -0.2) is 0 Å². The second-order valence-corrected chi connectivity index (χ2v) is 7.57. The standard InChI is InChI=1S/C23H32N2O4/c1-19(2)15-22(26)24(12-8-13-28-3)18-23(27)25(17-21-11-7-14-29-21)16-20-9-5-4-6-10-20/h4-7,9-11,14,19H,8,12-13,15-18H2,1-3H3. The molecule has 29 heavy (non-hydrogen) atoms. The molecule has 6 heteroatoms. The lowest BCUT2D eigenvalue weighted by atomic mass is 10.1. The largest absolute Gasteiger partial charge is 0.467 e. The van der Waals surface area contributed by atoms with E-state index in [0.29, 0.717) is 44.8 Å². The molecule has 0 radical (unpaired) electrons. The van der Waals surface area contributed by atoms with Crippen LogP contribution in [-0.2, 0) is 27.4 Å². The summed E-state index contributed by atoms with van der Waals surface area (Å²) in [5.74, 6) is 0.863. The van der Waals surface area contributed by atoms with Gasteiger partial charge in [-0.2, -0.15) is 0 Å². The van der Waals surface area contributed by atoms with E-state index in [1.807, 2.05) is 56.3 Å². The van der Waals surface area contributed by atoms with Gasteiger partial charge in [-0.15, -0.1) is 0 Å². The van der Waals surface area contributed by atoms with Crippen molar-refractivity contribution in [2.75, 3.05) is 26.8 Å². The van der Waals surface area contributed by atoms with E-state index in [-0.39, 0.29) is 24.3 Å². The van der Waals surface area contributed by atoms with Gasteiger partial charge in [0.05, 0.1) is 19.4 Å². The lowest BCUT2D eigenvalue weighted by Crippen LogP contribution is -2.43. The van der Waals surface area contributed by atoms with E-state index in [2.05, 4.69) is 0 Å². The van der Waals surface area contributed by atoms with Crippen molar-refractivity contribution in [3.05, 3.63) is 60.1 Å². The molecular weight excluding hydrogens is 368 g/mol. The van der Waals surface area contributed by atoms with Gasteiger partial charge < -0.3 is 19.0 Å². The summed E-state index contributed by atoms with van der Waals surface area (Å²) < 4.78 is 10.6. The molecule has 0 aliphatic rings. The third-order valence-electron chi connectivity index (χ3n) is 4.53. The summed E-state index contributed by atoms with van der Waals surface area (Å²) in [6.07, 6.45) is 2.73. The van der Waals surface area contributed by atoms with Crippen molar-refractivity contribution in [1.29, 1.82) is 0 Å². The Morgan fingerprint density at radius 1 is 1.00 bits per heavy atom. The highest BCUT2D eigenvalue weighted by Gasteiger charge is 2.22. The molecule has 1 heterocycles. The molecule has 0 aliphatic carbocycles. The van der Waals surface area contributed by atoms with Crippen molar-refractivity contribution >= 4 is 11.8 Å². The van der Waals surface area contributed by atoms with Crippen LogP contribution in [0, 0.1) is 5.92 Å². The van der Waals surface area contributed by atoms with Crippen LogP contribution >= 0.6 is 0 Å². The summed E-state index contributed by atoms with van der Waals surface area (Å²) >= 11 is 0. The van der Waals surface area contributed by atoms with E-state index in [1.165, 1.54) is 0 Å². The maximum atomic E-state index is 13.2. The number of nitrogens with zero attached hydrogens (tertiary/aromatic N) is 2. The molecule has 0 saturated heterocycles. The number of hydrogen-bond acceptors (Lipinski definition) is 4. The average molecular weight is 401 g/mol. The smallest absolute Gasteiger partial charge is 0.242 e. The molecule has 2 rings (SSSR count). The van der Waals surface area contributed by atoms with Gasteiger partial charge in [0, 0.05) is 33.2 Å². The zero-order chi connectivity index (χ0) is 21.1. The molecule has 158 valence electrons. The monoisotopic (exact) mass is 400 g/mol. The molecule has 1 aromatic heterocycles. The second-order valence-electron chi connectivity index (χ2n) is 7.57. The van der Waals surface area contributed by atoms with Crippen LogP contribution in [0.2, 0.25) is 0 Å². The fourth-order valence-corrected chi connectivity index (χ4v) is 3.06. The number of carbonyl (C=O) groups excluding carboxylic acids is 2. The summed E-state index contributed by atoms with van der Waals surface area (Å²) in [4.78, 5) is 29.2. The molecule has 0 N–H and O–H groups in total. The van der Waals surface area contributed by atoms with E-state index in [9.17, 15) is 9.59 Å². The maximum Gasteiger partial charge on any atom is 0.242 e. The van der Waals surface area contributed by atoms with E-state index in [4.69, 9.17) is 9.15 Å². The van der Waals surface area contributed by atoms with E-state index >= 15 is 0 Å². The molecule has 0 spiro atoms. The molecule has 1 aromatic carbocycles. The second kappa shape index (κ2) is 12.1. The van der Waals surface area contributed by atoms with Crippen LogP contribution in [0.25, 0.3) is 0 Å². The summed E-state index contributed by atoms with van der Waals surface area (Å²) in [5.41, 5.74) is 1.03. The van der Waals surface area contributed by atoms with Crippen LogP contribution in [0.1, 0.15) is 38.0 Å². The Hall–Kier alpha value is -2.60. The van der Waals surface area contributed by atoms with Gasteiger partial charge in [0.15, 0.2) is 0 Å². The Labute approximate surface area is 173 Å². The quantitative estimate of drug-likeness (QED) is 0.510. The minimum absolute atomic E-state index is 0.00196. The fourth-order valence-electron chi connectivity index (χ4n) is 3.06. The van der Waals surface area contributed by atoms with Crippen molar-refractivity contribution in [3.8, 4) is 0 Å². The molecule has 0 unspecified atom stereocenters. The molecular formula is C23H32N2O4. The zero-order valence-electron chi connectivity index (χ0n) is 17.7. The minimum Gasteiger partial charge on any atom is -0.467 e. The van der Waals surface area contributed by atoms with Gasteiger partial charge in [-0.1, -0.05) is 44.2 Å². The number of methoxy groups -OCH3 is 1. The zero-order valence-corrected chi connectivity index (χ0v) is 17.7. The Balaban J connectivity index is 2.11. The minimum atomic E-state index is -0.0974. The molecule has 2 amide bonds. The number of benzene rings is 1. The fraction of sp³-hybridized carbons (Fsp3) is 0.478. The SMILES string of the molecule is COCCCN(CC(=O)N(Cc1ccccc1)Cc1ccco1)C(=O)CC(C)C. The van der Waals surface area contributed by atoms with Crippen molar-refractivity contribution < 1.29 is 18.7 Å². The normalized spacial score (nSPS) is 10.9. The molecule has 0 fully saturated rings. The van der Waals surface area contributed by atoms with E-state index in [0.717, 1.165) is 5.56 Å². The molecule has 2 aromatic rings. The first-order valence-corrected chi connectivity index (χ1v) is 10.1. The van der Waals surface area contributed by atoms with Crippen LogP contribution in [0.3, 0.4) is 0 Å². The maximum absolute atomic E-state index is 13.2. The highest BCUT2D eigenvalue weighted by Crippen LogP contribution is 2.13. The Kier molecular flexibility index (Phi) is 9.44. The van der Waals surface area contributed by atoms with Crippen molar-refractivity contribution in [1.82, 2.24) is 9.80 Å². The average Bonchev–Trinajstić information content (AvgIpc) is 3.20. The predicted molar refractivity (Wildman–Crippen MR) is 112 cm³/mol. The number of hydrogen-bond donors (Lipinski definition) is 0. The van der Waals surface area contributed by atoms with Crippen LogP contribution in [0.5, 0.6) is 0 Å². The molecule has 6 nitrogen and oxygen atoms in total. The summed E-state index contributed by atoms with van der Waals surface area (Å²) in [5, 5.41) is 0. The third kappa shape index (κ3) is 8.11. The summed E-state index contributed by atoms with van der Waals surface area (Å²) in [6, 6.07) is 13.5. The third-order valence-corrected chi connectivity index (χ3v) is 4.53. The number of carbonyl (C=O) groups is 2. The summed E-state index contributed by atoms with van der Waals surface area (Å²) in [6.45, 7) is 5.96. The first-order chi connectivity index (χ1) is 14.0. The van der Waals surface area contributed by atoms with E-state index in [1.54, 1.807) is 23.2 Å². The predicted octanol–water partition coefficient (Wildman–Crippen LogP) is 3.72. The van der Waals surface area contributed by atoms with Gasteiger partial charge in [0.25, 0.3) is 0 Å². The number of furan rings is 1. The van der Waals surface area contributed by atoms with Crippen LogP contribution in [0.15, 0.2) is 53.1 Å². The Morgan fingerprint density at radius 2 is 1.76 bits per heavy atom.